The molecule has 2 heterocycles. The van der Waals surface area contributed by atoms with Crippen molar-refractivity contribution in [3.8, 4) is 0 Å². The normalized spacial score (nSPS) is 20.7. The number of piperidine rings is 1. The van der Waals surface area contributed by atoms with Crippen LogP contribution in [0.3, 0.4) is 0 Å². The summed E-state index contributed by atoms with van der Waals surface area (Å²) in [5, 5.41) is 2.63. The van der Waals surface area contributed by atoms with Crippen LogP contribution >= 0.6 is 0 Å². The Morgan fingerprint density at radius 1 is 1.21 bits per heavy atom. The molecular weight excluding hydrogens is 384 g/mol. The summed E-state index contributed by atoms with van der Waals surface area (Å²) in [5.41, 5.74) is 1.10. The highest BCUT2D eigenvalue weighted by Gasteiger charge is 2.27. The molecule has 0 radical (unpaired) electrons. The zero-order valence-electron chi connectivity index (χ0n) is 16.0. The Balaban J connectivity index is 1.64. The van der Waals surface area contributed by atoms with E-state index in [2.05, 4.69) is 5.32 Å². The topological polar surface area (TPSA) is 102 Å². The third-order valence-corrected chi connectivity index (χ3v) is 6.87. The van der Waals surface area contributed by atoms with Crippen LogP contribution in [0.25, 0.3) is 0 Å². The van der Waals surface area contributed by atoms with E-state index in [0.717, 1.165) is 31.2 Å². The highest BCUT2D eigenvalue weighted by Crippen LogP contribution is 2.25. The van der Waals surface area contributed by atoms with Crippen LogP contribution in [0.5, 0.6) is 0 Å². The van der Waals surface area contributed by atoms with E-state index < -0.39 is 34.6 Å². The number of nitrogens with one attached hydrogen (secondary N) is 1. The minimum Gasteiger partial charge on any atom is -0.454 e. The molecule has 1 atom stereocenters. The number of aryl methyl sites for hydroxylation is 1. The van der Waals surface area contributed by atoms with E-state index in [1.54, 1.807) is 19.1 Å². The van der Waals surface area contributed by atoms with Crippen molar-refractivity contribution >= 4 is 27.6 Å². The van der Waals surface area contributed by atoms with Gasteiger partial charge in [0.25, 0.3) is 5.91 Å². The van der Waals surface area contributed by atoms with Crippen LogP contribution in [-0.4, -0.2) is 57.0 Å². The fourth-order valence-electron chi connectivity index (χ4n) is 3.33. The van der Waals surface area contributed by atoms with Crippen LogP contribution in [0, 0.1) is 6.92 Å². The standard InChI is InChI=1S/C19H26N2O6S/c1-14-7-8-15(28(24,25)21-9-3-2-4-10-21)12-16(14)20-18(22)13-27-19(23)17-6-5-11-26-17/h7-8,12,17H,2-6,9-11,13H2,1H3,(H,20,22)/t17-/m1/s1. The number of esters is 1. The van der Waals surface area contributed by atoms with E-state index in [9.17, 15) is 18.0 Å². The maximum Gasteiger partial charge on any atom is 0.335 e. The number of carbonyl (C=O) groups excluding carboxylic acids is 2. The van der Waals surface area contributed by atoms with E-state index in [-0.39, 0.29) is 4.90 Å². The SMILES string of the molecule is Cc1ccc(S(=O)(=O)N2CCCCC2)cc1NC(=O)COC(=O)[C@H]1CCCO1. The summed E-state index contributed by atoms with van der Waals surface area (Å²) in [6.45, 7) is 2.87. The molecule has 8 nitrogen and oxygen atoms in total. The number of anilines is 1. The molecule has 2 saturated heterocycles. The number of hydrogen-bond acceptors (Lipinski definition) is 6. The van der Waals surface area contributed by atoms with Gasteiger partial charge in [-0.05, 0) is 50.3 Å². The van der Waals surface area contributed by atoms with Crippen molar-refractivity contribution in [2.45, 2.75) is 50.0 Å². The predicted molar refractivity (Wildman–Crippen MR) is 102 cm³/mol. The van der Waals surface area contributed by atoms with E-state index in [1.165, 1.54) is 10.4 Å². The lowest BCUT2D eigenvalue weighted by Crippen LogP contribution is -2.35. The second-order valence-corrected chi connectivity index (χ2v) is 9.04. The molecule has 0 saturated carbocycles. The van der Waals surface area contributed by atoms with E-state index in [4.69, 9.17) is 9.47 Å². The second-order valence-electron chi connectivity index (χ2n) is 7.10. The van der Waals surface area contributed by atoms with Gasteiger partial charge in [-0.2, -0.15) is 4.31 Å². The highest BCUT2D eigenvalue weighted by molar-refractivity contribution is 7.89. The number of carbonyl (C=O) groups is 2. The van der Waals surface area contributed by atoms with Gasteiger partial charge in [0.2, 0.25) is 10.0 Å². The van der Waals surface area contributed by atoms with Crippen molar-refractivity contribution in [3.05, 3.63) is 23.8 Å². The smallest absolute Gasteiger partial charge is 0.335 e. The second kappa shape index (κ2) is 9.02. The molecule has 0 aromatic heterocycles. The summed E-state index contributed by atoms with van der Waals surface area (Å²) in [5.74, 6) is -1.08. The van der Waals surface area contributed by atoms with Crippen LogP contribution < -0.4 is 5.32 Å². The number of sulfonamides is 1. The summed E-state index contributed by atoms with van der Waals surface area (Å²) in [6.07, 6.45) is 3.52. The molecule has 1 aromatic rings. The zero-order valence-corrected chi connectivity index (χ0v) is 16.8. The summed E-state index contributed by atoms with van der Waals surface area (Å²) in [4.78, 5) is 24.1. The maximum absolute atomic E-state index is 12.8. The Kier molecular flexibility index (Phi) is 6.69. The van der Waals surface area contributed by atoms with E-state index in [1.807, 2.05) is 0 Å². The van der Waals surface area contributed by atoms with Crippen LogP contribution in [-0.2, 0) is 29.1 Å². The molecule has 1 N–H and O–H groups in total. The minimum absolute atomic E-state index is 0.145. The number of amides is 1. The fraction of sp³-hybridized carbons (Fsp3) is 0.579. The first-order chi connectivity index (χ1) is 13.4. The molecule has 1 amide bonds. The largest absolute Gasteiger partial charge is 0.454 e. The monoisotopic (exact) mass is 410 g/mol. The average molecular weight is 410 g/mol. The molecule has 0 bridgehead atoms. The molecule has 28 heavy (non-hydrogen) atoms. The maximum atomic E-state index is 12.8. The summed E-state index contributed by atoms with van der Waals surface area (Å²) in [7, 11) is -3.59. The van der Waals surface area contributed by atoms with Gasteiger partial charge in [-0.1, -0.05) is 12.5 Å². The van der Waals surface area contributed by atoms with Crippen LogP contribution in [0.15, 0.2) is 23.1 Å². The van der Waals surface area contributed by atoms with Crippen molar-refractivity contribution in [1.82, 2.24) is 4.31 Å². The first-order valence-electron chi connectivity index (χ1n) is 9.57. The van der Waals surface area contributed by atoms with Crippen LogP contribution in [0.2, 0.25) is 0 Å². The van der Waals surface area contributed by atoms with Gasteiger partial charge in [-0.3, -0.25) is 4.79 Å². The number of rotatable bonds is 6. The van der Waals surface area contributed by atoms with Crippen LogP contribution in [0.4, 0.5) is 5.69 Å². The van der Waals surface area contributed by atoms with Gasteiger partial charge >= 0.3 is 5.97 Å². The molecule has 9 heteroatoms. The molecule has 2 aliphatic heterocycles. The summed E-state index contributed by atoms with van der Waals surface area (Å²) >= 11 is 0. The van der Waals surface area contributed by atoms with Gasteiger partial charge in [-0.15, -0.1) is 0 Å². The van der Waals surface area contributed by atoms with E-state index >= 15 is 0 Å². The molecular formula is C19H26N2O6S. The molecule has 0 spiro atoms. The van der Waals surface area contributed by atoms with Gasteiger partial charge in [0.05, 0.1) is 4.90 Å². The third-order valence-electron chi connectivity index (χ3n) is 4.97. The molecule has 2 aliphatic rings. The third kappa shape index (κ3) is 4.89. The minimum atomic E-state index is -3.59. The van der Waals surface area contributed by atoms with Gasteiger partial charge in [0.1, 0.15) is 0 Å². The Labute approximate surface area is 165 Å². The molecule has 2 fully saturated rings. The quantitative estimate of drug-likeness (QED) is 0.718. The van der Waals surface area contributed by atoms with Gasteiger partial charge < -0.3 is 14.8 Å². The lowest BCUT2D eigenvalue weighted by Gasteiger charge is -2.26. The van der Waals surface area contributed by atoms with Crippen molar-refractivity contribution in [2.24, 2.45) is 0 Å². The number of nitrogens with zero attached hydrogens (tertiary/aromatic N) is 1. The van der Waals surface area contributed by atoms with E-state index in [0.29, 0.717) is 31.8 Å². The Hall–Kier alpha value is -1.97. The van der Waals surface area contributed by atoms with Crippen molar-refractivity contribution in [3.63, 3.8) is 0 Å². The Morgan fingerprint density at radius 3 is 2.64 bits per heavy atom. The first-order valence-corrected chi connectivity index (χ1v) is 11.0. The van der Waals surface area contributed by atoms with Gasteiger partial charge in [-0.25, -0.2) is 13.2 Å². The Bertz CT molecular complexity index is 827. The molecule has 0 aliphatic carbocycles. The van der Waals surface area contributed by atoms with Crippen molar-refractivity contribution < 1.29 is 27.5 Å². The number of benzene rings is 1. The van der Waals surface area contributed by atoms with Crippen molar-refractivity contribution in [1.29, 1.82) is 0 Å². The predicted octanol–water partition coefficient (Wildman–Crippen LogP) is 1.83. The van der Waals surface area contributed by atoms with Crippen molar-refractivity contribution in [2.75, 3.05) is 31.6 Å². The average Bonchev–Trinajstić information content (AvgIpc) is 3.23. The summed E-state index contributed by atoms with van der Waals surface area (Å²) in [6, 6.07) is 4.66. The lowest BCUT2D eigenvalue weighted by molar-refractivity contribution is -0.156. The van der Waals surface area contributed by atoms with Gasteiger partial charge in [0, 0.05) is 25.4 Å². The number of hydrogen-bond donors (Lipinski definition) is 1. The lowest BCUT2D eigenvalue weighted by atomic mass is 10.2. The molecule has 3 rings (SSSR count). The van der Waals surface area contributed by atoms with Gasteiger partial charge in [0.15, 0.2) is 12.7 Å². The molecule has 1 aromatic carbocycles. The highest BCUT2D eigenvalue weighted by atomic mass is 32.2. The molecule has 154 valence electrons. The molecule has 0 unspecified atom stereocenters. The summed E-state index contributed by atoms with van der Waals surface area (Å²) < 4.78 is 37.3. The Morgan fingerprint density at radius 2 is 1.96 bits per heavy atom. The zero-order chi connectivity index (χ0) is 20.1. The first kappa shape index (κ1) is 20.8. The van der Waals surface area contributed by atoms with Crippen LogP contribution in [0.1, 0.15) is 37.7 Å². The fourth-order valence-corrected chi connectivity index (χ4v) is 4.87. The number of ether oxygens (including phenoxy) is 2.